The summed E-state index contributed by atoms with van der Waals surface area (Å²) >= 11 is 1.32. The van der Waals surface area contributed by atoms with E-state index in [1.54, 1.807) is 7.11 Å². The molecule has 0 radical (unpaired) electrons. The van der Waals surface area contributed by atoms with Gasteiger partial charge in [0, 0.05) is 43.2 Å². The van der Waals surface area contributed by atoms with Crippen LogP contribution in [0.4, 0.5) is 0 Å². The van der Waals surface area contributed by atoms with E-state index in [0.29, 0.717) is 0 Å². The molecule has 2 aromatic rings. The number of benzene rings is 1. The van der Waals surface area contributed by atoms with E-state index in [1.165, 1.54) is 11.3 Å². The minimum atomic E-state index is 0.00464. The number of aromatic amines is 1. The molecule has 2 heterocycles. The molecule has 0 amide bonds. The molecule has 6 heteroatoms. The first-order valence-corrected chi connectivity index (χ1v) is 8.82. The smallest absolute Gasteiger partial charge is 0.305 e. The Morgan fingerprint density at radius 3 is 2.65 bits per heavy atom. The summed E-state index contributed by atoms with van der Waals surface area (Å²) in [4.78, 5) is 20.9. The minimum absolute atomic E-state index is 0.00464. The summed E-state index contributed by atoms with van der Waals surface area (Å²) in [6.45, 7) is 8.45. The van der Waals surface area contributed by atoms with Gasteiger partial charge in [0.05, 0.1) is 12.8 Å². The Morgan fingerprint density at radius 2 is 1.96 bits per heavy atom. The predicted molar refractivity (Wildman–Crippen MR) is 94.3 cm³/mol. The molecule has 1 aromatic heterocycles. The van der Waals surface area contributed by atoms with Crippen LogP contribution in [0, 0.1) is 0 Å². The van der Waals surface area contributed by atoms with Gasteiger partial charge in [-0.1, -0.05) is 30.4 Å². The Labute approximate surface area is 140 Å². The van der Waals surface area contributed by atoms with Gasteiger partial charge in [0.15, 0.2) is 0 Å². The fourth-order valence-corrected chi connectivity index (χ4v) is 3.84. The van der Waals surface area contributed by atoms with Crippen LogP contribution in [-0.4, -0.2) is 54.6 Å². The third kappa shape index (κ3) is 3.83. The highest BCUT2D eigenvalue weighted by molar-refractivity contribution is 7.09. The van der Waals surface area contributed by atoms with E-state index in [1.807, 2.05) is 24.3 Å². The van der Waals surface area contributed by atoms with Crippen LogP contribution in [0.25, 0.3) is 11.3 Å². The Hall–Kier alpha value is -1.63. The molecule has 1 aromatic carbocycles. The van der Waals surface area contributed by atoms with Gasteiger partial charge in [-0.2, -0.15) is 0 Å². The monoisotopic (exact) mass is 333 g/mol. The third-order valence-corrected chi connectivity index (χ3v) is 5.23. The van der Waals surface area contributed by atoms with Crippen LogP contribution in [0.15, 0.2) is 29.1 Å². The average Bonchev–Trinajstić information content (AvgIpc) is 2.96. The molecule has 1 saturated heterocycles. The lowest BCUT2D eigenvalue weighted by molar-refractivity contribution is 0.133. The molecule has 1 aliphatic heterocycles. The zero-order valence-electron chi connectivity index (χ0n) is 13.7. The maximum Gasteiger partial charge on any atom is 0.305 e. The van der Waals surface area contributed by atoms with E-state index >= 15 is 0 Å². The van der Waals surface area contributed by atoms with Crippen LogP contribution >= 0.6 is 11.3 Å². The van der Waals surface area contributed by atoms with E-state index in [-0.39, 0.29) is 4.87 Å². The molecule has 124 valence electrons. The van der Waals surface area contributed by atoms with E-state index in [0.717, 1.165) is 61.2 Å². The van der Waals surface area contributed by atoms with E-state index in [2.05, 4.69) is 21.7 Å². The molecule has 0 spiro atoms. The van der Waals surface area contributed by atoms with Gasteiger partial charge in [0.1, 0.15) is 5.75 Å². The van der Waals surface area contributed by atoms with Crippen LogP contribution in [0.5, 0.6) is 5.75 Å². The van der Waals surface area contributed by atoms with Crippen LogP contribution in [0.1, 0.15) is 11.8 Å². The number of piperazine rings is 1. The fourth-order valence-electron chi connectivity index (χ4n) is 2.95. The highest BCUT2D eigenvalue weighted by Gasteiger charge is 2.19. The third-order valence-electron chi connectivity index (χ3n) is 4.36. The summed E-state index contributed by atoms with van der Waals surface area (Å²) in [5.74, 6) is 0.803. The second-order valence-electron chi connectivity index (χ2n) is 5.76. The van der Waals surface area contributed by atoms with Crippen molar-refractivity contribution in [3.05, 3.63) is 38.8 Å². The average molecular weight is 333 g/mol. The summed E-state index contributed by atoms with van der Waals surface area (Å²) in [7, 11) is 1.66. The first-order chi connectivity index (χ1) is 11.2. The first-order valence-electron chi connectivity index (χ1n) is 8.00. The standard InChI is InChI=1S/C17H23N3O2S/c1-3-19-7-9-20(10-8-19)12-15-16(18-17(21)23-15)13-5-4-6-14(11-13)22-2/h4-6,11H,3,7-10,12H2,1-2H3,(H,18,21). The Bertz CT molecular complexity index is 702. The summed E-state index contributed by atoms with van der Waals surface area (Å²) in [6, 6.07) is 7.85. The molecule has 0 unspecified atom stereocenters. The molecule has 5 nitrogen and oxygen atoms in total. The molecular weight excluding hydrogens is 310 g/mol. The van der Waals surface area contributed by atoms with Crippen molar-refractivity contribution in [1.82, 2.24) is 14.8 Å². The van der Waals surface area contributed by atoms with Crippen molar-refractivity contribution in [2.24, 2.45) is 0 Å². The van der Waals surface area contributed by atoms with Gasteiger partial charge < -0.3 is 14.6 Å². The highest BCUT2D eigenvalue weighted by Crippen LogP contribution is 2.27. The molecule has 0 saturated carbocycles. The molecular formula is C17H23N3O2S. The highest BCUT2D eigenvalue weighted by atomic mass is 32.1. The van der Waals surface area contributed by atoms with Gasteiger partial charge >= 0.3 is 4.87 Å². The Kier molecular flexibility index (Phi) is 5.15. The normalized spacial score (nSPS) is 16.6. The van der Waals surface area contributed by atoms with Crippen LogP contribution in [0.3, 0.4) is 0 Å². The first kappa shape index (κ1) is 16.2. The number of nitrogens with one attached hydrogen (secondary N) is 1. The molecule has 1 fully saturated rings. The van der Waals surface area contributed by atoms with Crippen molar-refractivity contribution in [2.75, 3.05) is 39.8 Å². The van der Waals surface area contributed by atoms with Crippen molar-refractivity contribution in [3.8, 4) is 17.0 Å². The number of methoxy groups -OCH3 is 1. The molecule has 1 N–H and O–H groups in total. The van der Waals surface area contributed by atoms with Gasteiger partial charge in [0.25, 0.3) is 0 Å². The van der Waals surface area contributed by atoms with Gasteiger partial charge in [0.2, 0.25) is 0 Å². The number of hydrogen-bond donors (Lipinski definition) is 1. The lowest BCUT2D eigenvalue weighted by atomic mass is 10.1. The van der Waals surface area contributed by atoms with Crippen molar-refractivity contribution in [1.29, 1.82) is 0 Å². The van der Waals surface area contributed by atoms with Crippen LogP contribution in [0.2, 0.25) is 0 Å². The van der Waals surface area contributed by atoms with Gasteiger partial charge in [-0.25, -0.2) is 0 Å². The van der Waals surface area contributed by atoms with Crippen molar-refractivity contribution >= 4 is 11.3 Å². The number of rotatable bonds is 5. The summed E-state index contributed by atoms with van der Waals surface area (Å²) in [5, 5.41) is 0. The Balaban J connectivity index is 1.79. The summed E-state index contributed by atoms with van der Waals surface area (Å²) < 4.78 is 5.29. The predicted octanol–water partition coefficient (Wildman–Crippen LogP) is 2.25. The second kappa shape index (κ2) is 7.29. The zero-order chi connectivity index (χ0) is 16.2. The maximum atomic E-state index is 11.9. The molecule has 0 atom stereocenters. The molecule has 0 bridgehead atoms. The van der Waals surface area contributed by atoms with Gasteiger partial charge in [-0.15, -0.1) is 0 Å². The molecule has 0 aliphatic carbocycles. The van der Waals surface area contributed by atoms with Crippen molar-refractivity contribution in [3.63, 3.8) is 0 Å². The summed E-state index contributed by atoms with van der Waals surface area (Å²) in [5.41, 5.74) is 1.93. The van der Waals surface area contributed by atoms with E-state index in [4.69, 9.17) is 4.74 Å². The summed E-state index contributed by atoms with van der Waals surface area (Å²) in [6.07, 6.45) is 0. The molecule has 3 rings (SSSR count). The Morgan fingerprint density at radius 1 is 1.22 bits per heavy atom. The van der Waals surface area contributed by atoms with Crippen LogP contribution in [-0.2, 0) is 6.54 Å². The van der Waals surface area contributed by atoms with E-state index < -0.39 is 0 Å². The van der Waals surface area contributed by atoms with Crippen LogP contribution < -0.4 is 9.61 Å². The number of hydrogen-bond acceptors (Lipinski definition) is 5. The minimum Gasteiger partial charge on any atom is -0.497 e. The van der Waals surface area contributed by atoms with Crippen molar-refractivity contribution in [2.45, 2.75) is 13.5 Å². The molecule has 23 heavy (non-hydrogen) atoms. The van der Waals surface area contributed by atoms with Gasteiger partial charge in [-0.05, 0) is 18.7 Å². The quantitative estimate of drug-likeness (QED) is 0.912. The van der Waals surface area contributed by atoms with E-state index in [9.17, 15) is 4.79 Å². The van der Waals surface area contributed by atoms with Gasteiger partial charge in [-0.3, -0.25) is 9.69 Å². The molecule has 1 aliphatic rings. The topological polar surface area (TPSA) is 48.6 Å². The lowest BCUT2D eigenvalue weighted by Gasteiger charge is -2.33. The van der Waals surface area contributed by atoms with Crippen molar-refractivity contribution < 1.29 is 4.74 Å². The lowest BCUT2D eigenvalue weighted by Crippen LogP contribution is -2.45. The SMILES string of the molecule is CCN1CCN(Cc2sc(=O)[nH]c2-c2cccc(OC)c2)CC1. The second-order valence-corrected chi connectivity index (χ2v) is 6.82. The fraction of sp³-hybridized carbons (Fsp3) is 0.471. The largest absolute Gasteiger partial charge is 0.497 e. The number of aromatic nitrogens is 1. The number of likely N-dealkylation sites (N-methyl/N-ethyl adjacent to an activating group) is 1. The number of H-pyrrole nitrogens is 1. The zero-order valence-corrected chi connectivity index (χ0v) is 14.5. The number of ether oxygens (including phenoxy) is 1. The number of nitrogens with zero attached hydrogens (tertiary/aromatic N) is 2. The maximum absolute atomic E-state index is 11.9. The number of thiazole rings is 1.